The van der Waals surface area contributed by atoms with Gasteiger partial charge in [-0.05, 0) is 66.3 Å². The number of rotatable bonds is 8. The monoisotopic (exact) mass is 520 g/mol. The Balaban J connectivity index is 1.31. The number of benzene rings is 2. The highest BCUT2D eigenvalue weighted by Gasteiger charge is 2.48. The van der Waals surface area contributed by atoms with Crippen LogP contribution < -0.4 is 0 Å². The minimum atomic E-state index is -0.726. The second-order valence-electron chi connectivity index (χ2n) is 11.8. The summed E-state index contributed by atoms with van der Waals surface area (Å²) in [5, 5.41) is 30.8. The SMILES string of the molecule is CC(C)c1cc(C(=O)N2Cc3ccc(CCN(C4CCCC4)C4(C(=O)O)CCCC4)cc3C2)c(O)cc1O. The van der Waals surface area contributed by atoms with Gasteiger partial charge in [0.25, 0.3) is 5.91 Å². The molecular weight excluding hydrogens is 480 g/mol. The summed E-state index contributed by atoms with van der Waals surface area (Å²) in [5.41, 5.74) is 3.47. The van der Waals surface area contributed by atoms with Gasteiger partial charge in [-0.2, -0.15) is 0 Å². The number of carboxylic acid groups (broad SMARTS) is 1. The van der Waals surface area contributed by atoms with E-state index >= 15 is 0 Å². The van der Waals surface area contributed by atoms with Gasteiger partial charge in [0.2, 0.25) is 0 Å². The smallest absolute Gasteiger partial charge is 0.324 e. The van der Waals surface area contributed by atoms with Crippen LogP contribution >= 0.6 is 0 Å². The molecule has 2 aliphatic carbocycles. The largest absolute Gasteiger partial charge is 0.508 e. The van der Waals surface area contributed by atoms with Crippen LogP contribution in [0.4, 0.5) is 0 Å². The van der Waals surface area contributed by atoms with Crippen molar-refractivity contribution in [2.24, 2.45) is 0 Å². The number of carboxylic acids is 1. The fraction of sp³-hybridized carbons (Fsp3) is 0.548. The van der Waals surface area contributed by atoms with Crippen molar-refractivity contribution in [1.29, 1.82) is 0 Å². The van der Waals surface area contributed by atoms with Crippen molar-refractivity contribution in [3.8, 4) is 11.5 Å². The second-order valence-corrected chi connectivity index (χ2v) is 11.8. The standard InChI is InChI=1S/C31H40N2O5/c1-20(2)25-16-26(28(35)17-27(25)34)29(36)32-18-22-10-9-21(15-23(22)19-32)11-14-33(24-7-3-4-8-24)31(30(37)38)12-5-6-13-31/h9-10,15-17,20,24,34-35H,3-8,11-14,18-19H2,1-2H3,(H,37,38). The molecule has 0 spiro atoms. The summed E-state index contributed by atoms with van der Waals surface area (Å²) in [6.07, 6.45) is 8.73. The van der Waals surface area contributed by atoms with Crippen LogP contribution in [0.3, 0.4) is 0 Å². The Labute approximate surface area is 225 Å². The second kappa shape index (κ2) is 10.6. The molecule has 3 aliphatic rings. The summed E-state index contributed by atoms with van der Waals surface area (Å²) in [5.74, 6) is -1.10. The maximum Gasteiger partial charge on any atom is 0.324 e. The highest BCUT2D eigenvalue weighted by Crippen LogP contribution is 2.40. The molecule has 38 heavy (non-hydrogen) atoms. The molecular formula is C31H40N2O5. The molecule has 7 heteroatoms. The molecule has 204 valence electrons. The molecule has 2 aromatic carbocycles. The quantitative estimate of drug-likeness (QED) is 0.421. The lowest BCUT2D eigenvalue weighted by molar-refractivity contribution is -0.153. The van der Waals surface area contributed by atoms with E-state index in [0.717, 1.165) is 68.2 Å². The molecule has 2 fully saturated rings. The summed E-state index contributed by atoms with van der Waals surface area (Å²) in [4.78, 5) is 29.9. The normalized spacial score (nSPS) is 19.0. The Morgan fingerprint density at radius 3 is 2.32 bits per heavy atom. The van der Waals surface area contributed by atoms with Crippen molar-refractivity contribution in [2.75, 3.05) is 6.54 Å². The molecule has 0 radical (unpaired) electrons. The van der Waals surface area contributed by atoms with Gasteiger partial charge in [-0.25, -0.2) is 0 Å². The van der Waals surface area contributed by atoms with E-state index in [1.165, 1.54) is 18.9 Å². The minimum absolute atomic E-state index is 0.00247. The number of hydrogen-bond acceptors (Lipinski definition) is 5. The molecule has 2 aromatic rings. The molecule has 0 aromatic heterocycles. The van der Waals surface area contributed by atoms with Crippen molar-refractivity contribution < 1.29 is 24.9 Å². The van der Waals surface area contributed by atoms with Gasteiger partial charge >= 0.3 is 5.97 Å². The maximum atomic E-state index is 13.3. The maximum absolute atomic E-state index is 13.3. The fourth-order valence-electron chi connectivity index (χ4n) is 6.94. The van der Waals surface area contributed by atoms with Crippen molar-refractivity contribution >= 4 is 11.9 Å². The topological polar surface area (TPSA) is 101 Å². The van der Waals surface area contributed by atoms with E-state index < -0.39 is 11.5 Å². The van der Waals surface area contributed by atoms with Gasteiger partial charge < -0.3 is 20.2 Å². The number of phenols is 2. The van der Waals surface area contributed by atoms with Crippen molar-refractivity contribution in [3.05, 3.63) is 58.1 Å². The number of nitrogens with zero attached hydrogens (tertiary/aromatic N) is 2. The first-order chi connectivity index (χ1) is 18.2. The number of aliphatic carboxylic acids is 1. The van der Waals surface area contributed by atoms with Gasteiger partial charge in [0, 0.05) is 31.7 Å². The zero-order valence-corrected chi connectivity index (χ0v) is 22.6. The van der Waals surface area contributed by atoms with Crippen LogP contribution in [0, 0.1) is 0 Å². The summed E-state index contributed by atoms with van der Waals surface area (Å²) in [6, 6.07) is 9.56. The summed E-state index contributed by atoms with van der Waals surface area (Å²) < 4.78 is 0. The molecule has 5 rings (SSSR count). The van der Waals surface area contributed by atoms with Crippen LogP contribution in [0.1, 0.15) is 104 Å². The molecule has 2 saturated carbocycles. The number of carbonyl (C=O) groups is 2. The van der Waals surface area contributed by atoms with E-state index in [1.54, 1.807) is 11.0 Å². The molecule has 1 amide bonds. The zero-order chi connectivity index (χ0) is 27.0. The fourth-order valence-corrected chi connectivity index (χ4v) is 6.94. The molecule has 3 N–H and O–H groups in total. The van der Waals surface area contributed by atoms with Crippen LogP contribution in [0.5, 0.6) is 11.5 Å². The molecule has 0 unspecified atom stereocenters. The molecule has 0 bridgehead atoms. The van der Waals surface area contributed by atoms with E-state index in [2.05, 4.69) is 23.1 Å². The summed E-state index contributed by atoms with van der Waals surface area (Å²) >= 11 is 0. The molecule has 1 aliphatic heterocycles. The van der Waals surface area contributed by atoms with E-state index in [4.69, 9.17) is 0 Å². The Hall–Kier alpha value is -3.06. The van der Waals surface area contributed by atoms with Gasteiger partial charge in [-0.1, -0.05) is 57.7 Å². The Morgan fingerprint density at radius 1 is 0.974 bits per heavy atom. The van der Waals surface area contributed by atoms with Crippen LogP contribution in [0.25, 0.3) is 0 Å². The van der Waals surface area contributed by atoms with E-state index in [9.17, 15) is 24.9 Å². The van der Waals surface area contributed by atoms with E-state index in [-0.39, 0.29) is 28.9 Å². The van der Waals surface area contributed by atoms with E-state index in [1.807, 2.05) is 13.8 Å². The molecule has 1 heterocycles. The number of aromatic hydroxyl groups is 2. The number of fused-ring (bicyclic) bond motifs is 1. The molecule has 7 nitrogen and oxygen atoms in total. The Morgan fingerprint density at radius 2 is 1.66 bits per heavy atom. The number of carbonyl (C=O) groups excluding carboxylic acids is 1. The first-order valence-electron chi connectivity index (χ1n) is 14.2. The van der Waals surface area contributed by atoms with Gasteiger partial charge in [-0.15, -0.1) is 0 Å². The first-order valence-corrected chi connectivity index (χ1v) is 14.2. The first kappa shape index (κ1) is 26.5. The third-order valence-corrected chi connectivity index (χ3v) is 9.06. The lowest BCUT2D eigenvalue weighted by atomic mass is 9.91. The van der Waals surface area contributed by atoms with Crippen LogP contribution in [0.15, 0.2) is 30.3 Å². The molecule has 0 atom stereocenters. The number of phenolic OH excluding ortho intramolecular Hbond substituents is 2. The lowest BCUT2D eigenvalue weighted by Crippen LogP contribution is -2.57. The van der Waals surface area contributed by atoms with Crippen molar-refractivity contribution in [2.45, 2.75) is 102 Å². The van der Waals surface area contributed by atoms with Gasteiger partial charge in [0.1, 0.15) is 17.0 Å². The number of hydrogen-bond donors (Lipinski definition) is 3. The number of amides is 1. The van der Waals surface area contributed by atoms with Gasteiger partial charge in [-0.3, -0.25) is 14.5 Å². The summed E-state index contributed by atoms with van der Waals surface area (Å²) in [6.45, 7) is 5.55. The highest BCUT2D eigenvalue weighted by atomic mass is 16.4. The van der Waals surface area contributed by atoms with Crippen LogP contribution in [-0.2, 0) is 24.3 Å². The predicted molar refractivity (Wildman–Crippen MR) is 145 cm³/mol. The van der Waals surface area contributed by atoms with Crippen molar-refractivity contribution in [3.63, 3.8) is 0 Å². The van der Waals surface area contributed by atoms with E-state index in [0.29, 0.717) is 24.7 Å². The zero-order valence-electron chi connectivity index (χ0n) is 22.6. The predicted octanol–water partition coefficient (Wildman–Crippen LogP) is 5.56. The average molecular weight is 521 g/mol. The van der Waals surface area contributed by atoms with Gasteiger partial charge in [0.05, 0.1) is 5.56 Å². The van der Waals surface area contributed by atoms with Gasteiger partial charge in [0.15, 0.2) is 0 Å². The molecule has 0 saturated heterocycles. The third-order valence-electron chi connectivity index (χ3n) is 9.06. The van der Waals surface area contributed by atoms with Crippen LogP contribution in [0.2, 0.25) is 0 Å². The average Bonchev–Trinajstić information content (AvgIpc) is 3.65. The minimum Gasteiger partial charge on any atom is -0.508 e. The van der Waals surface area contributed by atoms with Crippen molar-refractivity contribution in [1.82, 2.24) is 9.80 Å². The lowest BCUT2D eigenvalue weighted by Gasteiger charge is -2.42. The summed E-state index contributed by atoms with van der Waals surface area (Å²) in [7, 11) is 0. The Kier molecular flexibility index (Phi) is 7.40. The highest BCUT2D eigenvalue weighted by molar-refractivity contribution is 5.97. The third kappa shape index (κ3) is 4.89. The van der Waals surface area contributed by atoms with Crippen LogP contribution in [-0.4, -0.2) is 55.1 Å². The Bertz CT molecular complexity index is 1210.